The molecule has 0 fully saturated rings. The number of benzene rings is 1. The Morgan fingerprint density at radius 1 is 0.562 bits per heavy atom. The van der Waals surface area contributed by atoms with Gasteiger partial charge in [-0.15, -0.1) is 0 Å². The smallest absolute Gasteiger partial charge is 0.326 e. The Bertz CT molecular complexity index is 901. The Balaban J connectivity index is 2.40. The number of carbonyl (C=O) groups excluding carboxylic acids is 2. The fourth-order valence-corrected chi connectivity index (χ4v) is 6.83. The lowest BCUT2D eigenvalue weighted by Gasteiger charge is -2.19. The first-order chi connectivity index (χ1) is 23.5. The van der Waals surface area contributed by atoms with Crippen molar-refractivity contribution in [3.8, 4) is 0 Å². The molecule has 48 heavy (non-hydrogen) atoms. The van der Waals surface area contributed by atoms with Crippen molar-refractivity contribution >= 4 is 17.7 Å². The molecule has 1 aromatic rings. The van der Waals surface area contributed by atoms with E-state index in [1.807, 2.05) is 30.3 Å². The number of Topliss-reactive ketones (excluding diaryl/α,β-unsaturated/α-hetero) is 1. The summed E-state index contributed by atoms with van der Waals surface area (Å²) in [6, 6.07) is 8.39. The summed E-state index contributed by atoms with van der Waals surface area (Å²) in [5.74, 6) is -1.50. The highest BCUT2D eigenvalue weighted by molar-refractivity contribution is 5.89. The summed E-state index contributed by atoms with van der Waals surface area (Å²) in [7, 11) is 0. The van der Waals surface area contributed by atoms with Gasteiger partial charge in [-0.25, -0.2) is 4.79 Å². The molecule has 0 heterocycles. The largest absolute Gasteiger partial charge is 0.480 e. The van der Waals surface area contributed by atoms with Crippen LogP contribution in [0.25, 0.3) is 0 Å². The van der Waals surface area contributed by atoms with Crippen molar-refractivity contribution in [2.45, 2.75) is 213 Å². The first-order valence-corrected chi connectivity index (χ1v) is 20.6. The lowest BCUT2D eigenvalue weighted by atomic mass is 9.89. The van der Waals surface area contributed by atoms with Crippen molar-refractivity contribution in [2.24, 2.45) is 5.92 Å². The standard InChI is InChI=1S/C43H75NO4/c1-3-5-7-9-11-13-15-17-19-21-23-25-30-34-39(37-42(46)44-40(43(47)48)36-38-32-28-27-29-33-38)41(45)35-31-26-24-22-20-18-16-14-12-10-8-6-4-2/h27-29,32-33,39-40H,3-26,30-31,34-37H2,1-2H3,(H,44,46)(H,47,48)/t39?,40-/m0/s1. The van der Waals surface area contributed by atoms with Gasteiger partial charge >= 0.3 is 5.97 Å². The molecular weight excluding hydrogens is 594 g/mol. The van der Waals surface area contributed by atoms with Crippen LogP contribution < -0.4 is 5.32 Å². The minimum atomic E-state index is -1.04. The molecule has 0 bridgehead atoms. The van der Waals surface area contributed by atoms with Crippen LogP contribution in [0.2, 0.25) is 0 Å². The summed E-state index contributed by atoms with van der Waals surface area (Å²) >= 11 is 0. The number of hydrogen-bond donors (Lipinski definition) is 2. The molecule has 0 aliphatic heterocycles. The van der Waals surface area contributed by atoms with Crippen LogP contribution in [-0.4, -0.2) is 28.8 Å². The van der Waals surface area contributed by atoms with Gasteiger partial charge in [-0.3, -0.25) is 9.59 Å². The fraction of sp³-hybridized carbons (Fsp3) is 0.791. The molecule has 276 valence electrons. The van der Waals surface area contributed by atoms with Crippen molar-refractivity contribution in [3.05, 3.63) is 35.9 Å². The van der Waals surface area contributed by atoms with Gasteiger partial charge in [0.05, 0.1) is 0 Å². The van der Waals surface area contributed by atoms with Crippen LogP contribution in [0, 0.1) is 5.92 Å². The van der Waals surface area contributed by atoms with Crippen LogP contribution in [0.5, 0.6) is 0 Å². The van der Waals surface area contributed by atoms with Gasteiger partial charge in [0.1, 0.15) is 11.8 Å². The second kappa shape index (κ2) is 32.1. The number of unbranched alkanes of at least 4 members (excludes halogenated alkanes) is 24. The summed E-state index contributed by atoms with van der Waals surface area (Å²) in [6.45, 7) is 4.53. The van der Waals surface area contributed by atoms with Crippen LogP contribution in [0.3, 0.4) is 0 Å². The molecule has 1 rings (SSSR count). The third-order valence-electron chi connectivity index (χ3n) is 9.99. The highest BCUT2D eigenvalue weighted by atomic mass is 16.4. The van der Waals surface area contributed by atoms with E-state index in [0.717, 1.165) is 37.7 Å². The summed E-state index contributed by atoms with van der Waals surface area (Å²) in [6.07, 6.45) is 34.7. The van der Waals surface area contributed by atoms with Gasteiger partial charge in [-0.1, -0.05) is 205 Å². The molecule has 1 amide bonds. The maximum Gasteiger partial charge on any atom is 0.326 e. The van der Waals surface area contributed by atoms with Gasteiger partial charge in [0.25, 0.3) is 0 Å². The van der Waals surface area contributed by atoms with Gasteiger partial charge in [-0.2, -0.15) is 0 Å². The number of rotatable bonds is 35. The highest BCUT2D eigenvalue weighted by Crippen LogP contribution is 2.21. The Morgan fingerprint density at radius 2 is 0.958 bits per heavy atom. The van der Waals surface area contributed by atoms with Gasteiger partial charge in [-0.05, 0) is 18.4 Å². The molecule has 0 aliphatic rings. The van der Waals surface area contributed by atoms with E-state index >= 15 is 0 Å². The first kappa shape index (κ1) is 43.9. The van der Waals surface area contributed by atoms with Gasteiger partial charge in [0, 0.05) is 25.2 Å². The molecule has 5 heteroatoms. The maximum absolute atomic E-state index is 13.3. The topological polar surface area (TPSA) is 83.5 Å². The Kier molecular flexibility index (Phi) is 29.3. The SMILES string of the molecule is CCCCCCCCCCCCCCCC(=O)C(CCCCCCCCCCCCCCC)CC(=O)N[C@@H](Cc1ccccc1)C(=O)O. The maximum atomic E-state index is 13.3. The monoisotopic (exact) mass is 670 g/mol. The van der Waals surface area contributed by atoms with Crippen molar-refractivity contribution in [1.82, 2.24) is 5.32 Å². The van der Waals surface area contributed by atoms with E-state index < -0.39 is 12.0 Å². The molecule has 2 atom stereocenters. The summed E-state index contributed by atoms with van der Waals surface area (Å²) in [5, 5.41) is 12.5. The molecule has 2 N–H and O–H groups in total. The molecule has 0 saturated heterocycles. The average Bonchev–Trinajstić information content (AvgIpc) is 3.08. The minimum Gasteiger partial charge on any atom is -0.480 e. The van der Waals surface area contributed by atoms with Crippen LogP contribution in [-0.2, 0) is 20.8 Å². The molecule has 0 radical (unpaired) electrons. The number of amides is 1. The van der Waals surface area contributed by atoms with Crippen LogP contribution in [0.1, 0.15) is 206 Å². The van der Waals surface area contributed by atoms with E-state index in [0.29, 0.717) is 6.42 Å². The fourth-order valence-electron chi connectivity index (χ4n) is 6.83. The zero-order valence-corrected chi connectivity index (χ0v) is 31.4. The van der Waals surface area contributed by atoms with E-state index in [2.05, 4.69) is 19.2 Å². The van der Waals surface area contributed by atoms with Gasteiger partial charge < -0.3 is 10.4 Å². The number of carboxylic acids is 1. The molecule has 5 nitrogen and oxygen atoms in total. The minimum absolute atomic E-state index is 0.0914. The zero-order valence-electron chi connectivity index (χ0n) is 31.4. The Morgan fingerprint density at radius 3 is 1.38 bits per heavy atom. The van der Waals surface area contributed by atoms with Crippen molar-refractivity contribution in [1.29, 1.82) is 0 Å². The van der Waals surface area contributed by atoms with Gasteiger partial charge in [0.2, 0.25) is 5.91 Å². The predicted octanol–water partition coefficient (Wildman–Crippen LogP) is 12.3. The van der Waals surface area contributed by atoms with E-state index in [4.69, 9.17) is 0 Å². The summed E-state index contributed by atoms with van der Waals surface area (Å²) < 4.78 is 0. The Labute approximate surface area is 296 Å². The quantitative estimate of drug-likeness (QED) is 0.0705. The number of nitrogens with one attached hydrogen (secondary N) is 1. The molecule has 0 saturated carbocycles. The van der Waals surface area contributed by atoms with Crippen LogP contribution in [0.15, 0.2) is 30.3 Å². The molecule has 0 aliphatic carbocycles. The normalized spacial score (nSPS) is 12.5. The number of carbonyl (C=O) groups is 3. The van der Waals surface area contributed by atoms with Gasteiger partial charge in [0.15, 0.2) is 0 Å². The van der Waals surface area contributed by atoms with E-state index in [9.17, 15) is 19.5 Å². The lowest BCUT2D eigenvalue weighted by Crippen LogP contribution is -2.43. The summed E-state index contributed by atoms with van der Waals surface area (Å²) in [5.41, 5.74) is 0.868. The van der Waals surface area contributed by atoms with Crippen molar-refractivity contribution in [3.63, 3.8) is 0 Å². The lowest BCUT2D eigenvalue weighted by molar-refractivity contribution is -0.142. The van der Waals surface area contributed by atoms with Crippen molar-refractivity contribution < 1.29 is 19.5 Å². The molecule has 0 aromatic heterocycles. The highest BCUT2D eigenvalue weighted by Gasteiger charge is 2.25. The molecule has 0 spiro atoms. The Hall–Kier alpha value is -2.17. The van der Waals surface area contributed by atoms with E-state index in [-0.39, 0.29) is 30.4 Å². The first-order valence-electron chi connectivity index (χ1n) is 20.6. The second-order valence-electron chi connectivity index (χ2n) is 14.5. The number of aliphatic carboxylic acids is 1. The predicted molar refractivity (Wildman–Crippen MR) is 203 cm³/mol. The zero-order chi connectivity index (χ0) is 34.9. The molecular formula is C43H75NO4. The van der Waals surface area contributed by atoms with E-state index in [1.54, 1.807) is 0 Å². The average molecular weight is 670 g/mol. The van der Waals surface area contributed by atoms with Crippen molar-refractivity contribution in [2.75, 3.05) is 0 Å². The number of hydrogen-bond acceptors (Lipinski definition) is 3. The van der Waals surface area contributed by atoms with Crippen LogP contribution >= 0.6 is 0 Å². The summed E-state index contributed by atoms with van der Waals surface area (Å²) in [4.78, 5) is 38.3. The number of carboxylic acid groups (broad SMARTS) is 1. The van der Waals surface area contributed by atoms with Crippen LogP contribution in [0.4, 0.5) is 0 Å². The third kappa shape index (κ3) is 25.8. The third-order valence-corrected chi connectivity index (χ3v) is 9.99. The second-order valence-corrected chi connectivity index (χ2v) is 14.5. The molecule has 1 aromatic carbocycles. The molecule has 1 unspecified atom stereocenters. The number of ketones is 1. The van der Waals surface area contributed by atoms with E-state index in [1.165, 1.54) is 141 Å².